The molecule has 1 aromatic heterocycles. The molecule has 2 saturated heterocycles. The van der Waals surface area contributed by atoms with E-state index in [1.165, 1.54) is 56.5 Å². The zero-order valence-corrected chi connectivity index (χ0v) is 13.4. The molecule has 3 nitrogen and oxygen atoms in total. The van der Waals surface area contributed by atoms with Crippen molar-refractivity contribution in [2.24, 2.45) is 0 Å². The first-order valence-electron chi connectivity index (χ1n) is 8.22. The van der Waals surface area contributed by atoms with E-state index in [4.69, 9.17) is 4.74 Å². The Morgan fingerprint density at radius 3 is 2.95 bits per heavy atom. The van der Waals surface area contributed by atoms with E-state index in [0.29, 0.717) is 17.5 Å². The molecular formula is C17H24N2OS. The molecule has 1 aromatic rings. The van der Waals surface area contributed by atoms with Crippen LogP contribution < -0.4 is 0 Å². The van der Waals surface area contributed by atoms with Crippen molar-refractivity contribution in [2.75, 3.05) is 18.8 Å². The maximum Gasteiger partial charge on any atom is 0.0736 e. The molecule has 1 spiro atoms. The first kappa shape index (κ1) is 14.0. The monoisotopic (exact) mass is 304 g/mol. The number of ether oxygens (including phenoxy) is 1. The van der Waals surface area contributed by atoms with Crippen LogP contribution in [-0.2, 0) is 11.3 Å². The van der Waals surface area contributed by atoms with Crippen molar-refractivity contribution in [3.63, 3.8) is 0 Å². The van der Waals surface area contributed by atoms with E-state index in [1.54, 1.807) is 0 Å². The van der Waals surface area contributed by atoms with Crippen molar-refractivity contribution in [3.8, 4) is 0 Å². The molecule has 1 atom stereocenters. The van der Waals surface area contributed by atoms with Gasteiger partial charge in [-0.25, -0.2) is 0 Å². The van der Waals surface area contributed by atoms with Crippen LogP contribution in [0.15, 0.2) is 24.5 Å². The highest BCUT2D eigenvalue weighted by molar-refractivity contribution is 8.01. The number of nitrogens with zero attached hydrogens (tertiary/aromatic N) is 2. The molecule has 1 aliphatic carbocycles. The molecule has 0 radical (unpaired) electrons. The highest BCUT2D eigenvalue weighted by atomic mass is 32.2. The fourth-order valence-electron chi connectivity index (χ4n) is 4.05. The van der Waals surface area contributed by atoms with Crippen LogP contribution in [0.2, 0.25) is 0 Å². The van der Waals surface area contributed by atoms with Gasteiger partial charge in [0.25, 0.3) is 0 Å². The Morgan fingerprint density at radius 2 is 2.19 bits per heavy atom. The average Bonchev–Trinajstić information content (AvgIpc) is 3.14. The van der Waals surface area contributed by atoms with E-state index >= 15 is 0 Å². The van der Waals surface area contributed by atoms with E-state index in [0.717, 1.165) is 6.04 Å². The Bertz CT molecular complexity index is 469. The highest BCUT2D eigenvalue weighted by Crippen LogP contribution is 2.48. The molecule has 3 fully saturated rings. The largest absolute Gasteiger partial charge is 0.373 e. The molecule has 3 heterocycles. The molecule has 0 amide bonds. The van der Waals surface area contributed by atoms with Crippen molar-refractivity contribution in [1.82, 2.24) is 9.88 Å². The SMILES string of the molecule is c1cncc(CO[C@@H]2CSC3(C2)CN(C2CCCC2)C3)c1. The molecule has 0 N–H and O–H groups in total. The van der Waals surface area contributed by atoms with Gasteiger partial charge in [0.1, 0.15) is 0 Å². The quantitative estimate of drug-likeness (QED) is 0.853. The Labute approximate surface area is 131 Å². The Balaban J connectivity index is 1.24. The molecule has 114 valence electrons. The molecule has 0 aromatic carbocycles. The normalized spacial score (nSPS) is 29.0. The van der Waals surface area contributed by atoms with E-state index in [1.807, 2.05) is 18.5 Å². The second-order valence-electron chi connectivity index (χ2n) is 6.84. The first-order valence-corrected chi connectivity index (χ1v) is 9.20. The van der Waals surface area contributed by atoms with E-state index < -0.39 is 0 Å². The summed E-state index contributed by atoms with van der Waals surface area (Å²) in [6.45, 7) is 3.31. The fraction of sp³-hybridized carbons (Fsp3) is 0.706. The minimum atomic E-state index is 0.431. The summed E-state index contributed by atoms with van der Waals surface area (Å²) in [6, 6.07) is 4.97. The number of pyridine rings is 1. The van der Waals surface area contributed by atoms with Gasteiger partial charge < -0.3 is 4.74 Å². The van der Waals surface area contributed by atoms with Crippen LogP contribution in [-0.4, -0.2) is 45.6 Å². The van der Waals surface area contributed by atoms with Crippen LogP contribution in [0, 0.1) is 0 Å². The molecule has 4 heteroatoms. The van der Waals surface area contributed by atoms with Gasteiger partial charge in [-0.3, -0.25) is 9.88 Å². The summed E-state index contributed by atoms with van der Waals surface area (Å²) >= 11 is 2.15. The lowest BCUT2D eigenvalue weighted by Gasteiger charge is -2.50. The molecule has 4 rings (SSSR count). The predicted molar refractivity (Wildman–Crippen MR) is 86.4 cm³/mol. The Hall–Kier alpha value is -0.580. The summed E-state index contributed by atoms with van der Waals surface area (Å²) in [4.78, 5) is 6.87. The van der Waals surface area contributed by atoms with Gasteiger partial charge in [0.15, 0.2) is 0 Å². The van der Waals surface area contributed by atoms with E-state index in [-0.39, 0.29) is 0 Å². The lowest BCUT2D eigenvalue weighted by Crippen LogP contribution is -2.61. The van der Waals surface area contributed by atoms with Crippen LogP contribution in [0.3, 0.4) is 0 Å². The molecule has 21 heavy (non-hydrogen) atoms. The lowest BCUT2D eigenvalue weighted by molar-refractivity contribution is 0.0167. The first-order chi connectivity index (χ1) is 10.3. The van der Waals surface area contributed by atoms with Crippen LogP contribution in [0.5, 0.6) is 0 Å². The van der Waals surface area contributed by atoms with Crippen LogP contribution >= 0.6 is 11.8 Å². The van der Waals surface area contributed by atoms with Gasteiger partial charge in [0, 0.05) is 42.0 Å². The Kier molecular flexibility index (Phi) is 3.94. The minimum absolute atomic E-state index is 0.431. The number of hydrogen-bond donors (Lipinski definition) is 0. The summed E-state index contributed by atoms with van der Waals surface area (Å²) in [7, 11) is 0. The van der Waals surface area contributed by atoms with Crippen molar-refractivity contribution in [3.05, 3.63) is 30.1 Å². The predicted octanol–water partition coefficient (Wildman–Crippen LogP) is 3.10. The number of hydrogen-bond acceptors (Lipinski definition) is 4. The van der Waals surface area contributed by atoms with Gasteiger partial charge >= 0.3 is 0 Å². The second-order valence-corrected chi connectivity index (χ2v) is 8.32. The van der Waals surface area contributed by atoms with Crippen molar-refractivity contribution in [2.45, 2.75) is 55.6 Å². The number of aromatic nitrogens is 1. The second kappa shape index (κ2) is 5.90. The van der Waals surface area contributed by atoms with Crippen LogP contribution in [0.4, 0.5) is 0 Å². The lowest BCUT2D eigenvalue weighted by atomic mass is 9.91. The molecule has 0 unspecified atom stereocenters. The standard InChI is InChI=1S/C17H24N2OS/c1-2-6-15(5-1)19-12-17(13-19)8-16(11-21-17)20-10-14-4-3-7-18-9-14/h3-4,7,9,15-16H,1-2,5-6,8,10-13H2/t16-/m0/s1. The zero-order chi connectivity index (χ0) is 14.1. The fourth-order valence-corrected chi connectivity index (χ4v) is 5.62. The Morgan fingerprint density at radius 1 is 1.33 bits per heavy atom. The zero-order valence-electron chi connectivity index (χ0n) is 12.5. The summed E-state index contributed by atoms with van der Waals surface area (Å²) in [6.07, 6.45) is 11.1. The summed E-state index contributed by atoms with van der Waals surface area (Å²) in [5.74, 6) is 1.17. The van der Waals surface area contributed by atoms with Gasteiger partial charge in [-0.15, -0.1) is 11.8 Å². The molecule has 3 aliphatic rings. The van der Waals surface area contributed by atoms with Crippen molar-refractivity contribution >= 4 is 11.8 Å². The number of rotatable bonds is 4. The van der Waals surface area contributed by atoms with E-state index in [2.05, 4.69) is 27.7 Å². The number of thioether (sulfide) groups is 1. The summed E-state index contributed by atoms with van der Waals surface area (Å²) < 4.78 is 6.62. The third-order valence-corrected chi connectivity index (χ3v) is 6.78. The van der Waals surface area contributed by atoms with Gasteiger partial charge in [-0.05, 0) is 30.9 Å². The third kappa shape index (κ3) is 2.99. The van der Waals surface area contributed by atoms with Gasteiger partial charge in [-0.2, -0.15) is 0 Å². The van der Waals surface area contributed by atoms with Gasteiger partial charge in [-0.1, -0.05) is 18.9 Å². The topological polar surface area (TPSA) is 25.4 Å². The van der Waals surface area contributed by atoms with Crippen molar-refractivity contribution in [1.29, 1.82) is 0 Å². The van der Waals surface area contributed by atoms with E-state index in [9.17, 15) is 0 Å². The molecule has 2 aliphatic heterocycles. The summed E-state index contributed by atoms with van der Waals surface area (Å²) in [5.41, 5.74) is 1.18. The van der Waals surface area contributed by atoms with Gasteiger partial charge in [0.05, 0.1) is 12.7 Å². The number of likely N-dealkylation sites (tertiary alicyclic amines) is 1. The summed E-state index contributed by atoms with van der Waals surface area (Å²) in [5, 5.41) is 0. The molecule has 1 saturated carbocycles. The molecule has 0 bridgehead atoms. The minimum Gasteiger partial charge on any atom is -0.373 e. The van der Waals surface area contributed by atoms with Gasteiger partial charge in [0.2, 0.25) is 0 Å². The maximum atomic E-state index is 6.10. The average molecular weight is 304 g/mol. The molecular weight excluding hydrogens is 280 g/mol. The highest BCUT2D eigenvalue weighted by Gasteiger charge is 2.51. The maximum absolute atomic E-state index is 6.10. The smallest absolute Gasteiger partial charge is 0.0736 e. The van der Waals surface area contributed by atoms with Crippen molar-refractivity contribution < 1.29 is 4.74 Å². The van der Waals surface area contributed by atoms with Crippen LogP contribution in [0.25, 0.3) is 0 Å². The third-order valence-electron chi connectivity index (χ3n) is 5.21. The van der Waals surface area contributed by atoms with Crippen LogP contribution in [0.1, 0.15) is 37.7 Å².